The minimum absolute atomic E-state index is 0.710. The van der Waals surface area contributed by atoms with E-state index in [2.05, 4.69) is 199 Å². The summed E-state index contributed by atoms with van der Waals surface area (Å²) in [4.78, 5) is 10.4. The molecule has 9 aromatic rings. The van der Waals surface area contributed by atoms with E-state index in [0.29, 0.717) is 5.82 Å². The summed E-state index contributed by atoms with van der Waals surface area (Å²) in [6.07, 6.45) is 27.1. The lowest BCUT2D eigenvalue weighted by Gasteiger charge is -2.26. The first kappa shape index (κ1) is 44.0. The van der Waals surface area contributed by atoms with E-state index in [0.717, 1.165) is 65.8 Å². The van der Waals surface area contributed by atoms with Crippen molar-refractivity contribution >= 4 is 55.9 Å². The van der Waals surface area contributed by atoms with Crippen molar-refractivity contribution in [2.24, 2.45) is 0 Å². The quantitative estimate of drug-likeness (QED) is 0.156. The summed E-state index contributed by atoms with van der Waals surface area (Å²) in [5.74, 6) is 1.56. The van der Waals surface area contributed by atoms with E-state index in [1.807, 2.05) is 45.9 Å². The van der Waals surface area contributed by atoms with Gasteiger partial charge in [-0.15, -0.1) is 0 Å². The molecular formula is C65H57N3. The fraction of sp³-hybridized carbons (Fsp3) is 0.138. The topological polar surface area (TPSA) is 30.7 Å². The minimum Gasteiger partial charge on any atom is -0.294 e. The second-order valence-corrected chi connectivity index (χ2v) is 17.3. The highest BCUT2D eigenvalue weighted by Gasteiger charge is 2.23. The molecule has 3 aliphatic rings. The van der Waals surface area contributed by atoms with Gasteiger partial charge < -0.3 is 0 Å². The van der Waals surface area contributed by atoms with Crippen LogP contribution in [0.4, 0.5) is 0 Å². The molecule has 0 unspecified atom stereocenters. The van der Waals surface area contributed by atoms with Gasteiger partial charge in [-0.1, -0.05) is 190 Å². The molecule has 3 nitrogen and oxygen atoms in total. The van der Waals surface area contributed by atoms with Crippen molar-refractivity contribution in [1.82, 2.24) is 14.5 Å². The molecule has 3 heteroatoms. The fourth-order valence-corrected chi connectivity index (χ4v) is 10.0. The zero-order chi connectivity index (χ0) is 46.4. The Labute approximate surface area is 401 Å². The van der Waals surface area contributed by atoms with Crippen molar-refractivity contribution in [1.29, 1.82) is 0 Å². The van der Waals surface area contributed by atoms with Crippen LogP contribution >= 0.6 is 0 Å². The Morgan fingerprint density at radius 2 is 1.12 bits per heavy atom. The van der Waals surface area contributed by atoms with Gasteiger partial charge in [-0.2, -0.15) is 0 Å². The van der Waals surface area contributed by atoms with Gasteiger partial charge in [-0.05, 0) is 143 Å². The van der Waals surface area contributed by atoms with Crippen molar-refractivity contribution in [3.8, 4) is 39.3 Å². The maximum atomic E-state index is 5.27. The molecule has 68 heavy (non-hydrogen) atoms. The molecule has 12 rings (SSSR count). The van der Waals surface area contributed by atoms with Crippen LogP contribution in [0.25, 0.3) is 95.2 Å². The largest absolute Gasteiger partial charge is 0.294 e. The fourth-order valence-electron chi connectivity index (χ4n) is 10.0. The second kappa shape index (κ2) is 19.9. The van der Waals surface area contributed by atoms with Gasteiger partial charge in [0.15, 0.2) is 5.82 Å². The second-order valence-electron chi connectivity index (χ2n) is 17.3. The van der Waals surface area contributed by atoms with E-state index in [9.17, 15) is 0 Å². The third-order valence-corrected chi connectivity index (χ3v) is 13.3. The number of benzene rings is 7. The zero-order valence-corrected chi connectivity index (χ0v) is 39.6. The number of allylic oxidation sites excluding steroid dienone is 10. The molecular weight excluding hydrogens is 823 g/mol. The van der Waals surface area contributed by atoms with E-state index < -0.39 is 0 Å². The third kappa shape index (κ3) is 8.53. The number of hydrogen-bond acceptors (Lipinski definition) is 2. The lowest BCUT2D eigenvalue weighted by Crippen LogP contribution is -2.08. The average molecular weight is 880 g/mol. The average Bonchev–Trinajstić information content (AvgIpc) is 3.52. The lowest BCUT2D eigenvalue weighted by atomic mass is 9.78. The number of fused-ring (bicyclic) bond motifs is 9. The van der Waals surface area contributed by atoms with Crippen molar-refractivity contribution in [3.05, 3.63) is 234 Å². The van der Waals surface area contributed by atoms with Gasteiger partial charge in [-0.3, -0.25) is 4.57 Å². The van der Waals surface area contributed by atoms with Crippen LogP contribution in [0.15, 0.2) is 200 Å². The maximum absolute atomic E-state index is 5.27. The van der Waals surface area contributed by atoms with Gasteiger partial charge in [-0.25, -0.2) is 9.97 Å². The highest BCUT2D eigenvalue weighted by molar-refractivity contribution is 6.10. The van der Waals surface area contributed by atoms with Crippen molar-refractivity contribution in [3.63, 3.8) is 0 Å². The molecule has 332 valence electrons. The Hall–Kier alpha value is -7.88. The van der Waals surface area contributed by atoms with E-state index in [-0.39, 0.29) is 0 Å². The SMILES string of the molecule is C/C=C\C.C1=CCC=CC(c2nc(-c3ccccc3)cc(-n3c4ccccc4c4cc(-c5cccc(-c6cccc(C7=Cc8c(c9c(c%10ccccc8%10)C=CCC9)CC7)c6)c5)ccc43)n2)=C1.CC. The summed E-state index contributed by atoms with van der Waals surface area (Å²) < 4.78 is 2.30. The number of nitrogens with zero attached hydrogens (tertiary/aromatic N) is 3. The van der Waals surface area contributed by atoms with E-state index in [1.54, 1.807) is 11.1 Å². The summed E-state index contributed by atoms with van der Waals surface area (Å²) >= 11 is 0. The summed E-state index contributed by atoms with van der Waals surface area (Å²) in [7, 11) is 0. The summed E-state index contributed by atoms with van der Waals surface area (Å²) in [5.41, 5.74) is 18.7. The number of para-hydroxylation sites is 1. The smallest absolute Gasteiger partial charge is 0.162 e. The summed E-state index contributed by atoms with van der Waals surface area (Å²) in [6, 6.07) is 55.3. The van der Waals surface area contributed by atoms with Gasteiger partial charge >= 0.3 is 0 Å². The number of rotatable bonds is 6. The van der Waals surface area contributed by atoms with Gasteiger partial charge in [0.1, 0.15) is 5.82 Å². The molecule has 0 saturated carbocycles. The maximum Gasteiger partial charge on any atom is 0.162 e. The Balaban J connectivity index is 0.000000856. The first-order valence-corrected chi connectivity index (χ1v) is 24.4. The van der Waals surface area contributed by atoms with Crippen LogP contribution in [-0.4, -0.2) is 14.5 Å². The van der Waals surface area contributed by atoms with Gasteiger partial charge in [0.25, 0.3) is 0 Å². The summed E-state index contributed by atoms with van der Waals surface area (Å²) in [6.45, 7) is 8.00. The standard InChI is InChI=1S/C59H43N3.C4H8.C2H6/c1-2-5-19-40(18-4-1)59-60-55(39-16-6-3-7-17-39)38-58(61-59)62-56-29-13-12-28-52(56)54-37-46(31-33-57(54)62)44-23-15-21-42(35-44)41-20-14-22-43(34-41)45-30-32-51-49-26-9-8-24-47(49)48-25-10-11-27-50(48)53(51)36-45;1-3-4-2;1-2/h1,3-8,10-25,27-29,31,33-38H,2,9,26,30,32H2;3-4H,1-2H3;1-2H3/b;4-3-;. The molecule has 0 atom stereocenters. The van der Waals surface area contributed by atoms with Crippen molar-refractivity contribution in [2.75, 3.05) is 0 Å². The molecule has 0 amide bonds. The predicted molar refractivity (Wildman–Crippen MR) is 293 cm³/mol. The highest BCUT2D eigenvalue weighted by Crippen LogP contribution is 2.42. The predicted octanol–water partition coefficient (Wildman–Crippen LogP) is 17.7. The Kier molecular flexibility index (Phi) is 12.9. The van der Waals surface area contributed by atoms with E-state index in [1.165, 1.54) is 66.1 Å². The number of aromatic nitrogens is 3. The van der Waals surface area contributed by atoms with Crippen LogP contribution in [0.5, 0.6) is 0 Å². The molecule has 0 N–H and O–H groups in total. The van der Waals surface area contributed by atoms with Crippen LogP contribution in [-0.2, 0) is 12.8 Å². The van der Waals surface area contributed by atoms with Crippen LogP contribution in [0, 0.1) is 0 Å². The molecule has 2 aromatic heterocycles. The van der Waals surface area contributed by atoms with Gasteiger partial charge in [0.2, 0.25) is 0 Å². The minimum atomic E-state index is 0.710. The monoisotopic (exact) mass is 879 g/mol. The molecule has 0 bridgehead atoms. The van der Waals surface area contributed by atoms with E-state index in [4.69, 9.17) is 9.97 Å². The van der Waals surface area contributed by atoms with E-state index >= 15 is 0 Å². The molecule has 0 aliphatic heterocycles. The van der Waals surface area contributed by atoms with Crippen molar-refractivity contribution in [2.45, 2.75) is 59.8 Å². The van der Waals surface area contributed by atoms with Crippen molar-refractivity contribution < 1.29 is 0 Å². The first-order chi connectivity index (χ1) is 33.6. The normalized spacial score (nSPS) is 13.8. The Morgan fingerprint density at radius 1 is 0.485 bits per heavy atom. The molecule has 3 aliphatic carbocycles. The van der Waals surface area contributed by atoms with Crippen LogP contribution in [0.3, 0.4) is 0 Å². The van der Waals surface area contributed by atoms with Crippen LogP contribution in [0.2, 0.25) is 0 Å². The Bertz CT molecular complexity index is 3510. The van der Waals surface area contributed by atoms with Crippen LogP contribution in [0.1, 0.15) is 80.6 Å². The molecule has 2 heterocycles. The molecule has 0 radical (unpaired) electrons. The van der Waals surface area contributed by atoms with Gasteiger partial charge in [0.05, 0.1) is 16.7 Å². The summed E-state index contributed by atoms with van der Waals surface area (Å²) in [5, 5.41) is 5.13. The lowest BCUT2D eigenvalue weighted by molar-refractivity contribution is 0.918. The molecule has 0 fully saturated rings. The third-order valence-electron chi connectivity index (χ3n) is 13.3. The zero-order valence-electron chi connectivity index (χ0n) is 39.6. The molecule has 0 saturated heterocycles. The molecule has 7 aromatic carbocycles. The first-order valence-electron chi connectivity index (χ1n) is 24.4. The Morgan fingerprint density at radius 3 is 1.88 bits per heavy atom. The highest BCUT2D eigenvalue weighted by atomic mass is 15.1. The number of hydrogen-bond donors (Lipinski definition) is 0. The van der Waals surface area contributed by atoms with Gasteiger partial charge in [0, 0.05) is 28.0 Å². The van der Waals surface area contributed by atoms with Crippen LogP contribution < -0.4 is 0 Å². The molecule has 0 spiro atoms.